The fraction of sp³-hybridized carbons (Fsp3) is 0.692. The zero-order chi connectivity index (χ0) is 11.6. The molecule has 1 heterocycles. The maximum atomic E-state index is 5.94. The lowest BCUT2D eigenvalue weighted by Crippen LogP contribution is -2.59. The van der Waals surface area contributed by atoms with Crippen molar-refractivity contribution in [1.29, 1.82) is 0 Å². The summed E-state index contributed by atoms with van der Waals surface area (Å²) in [6, 6.07) is 4.95. The summed E-state index contributed by atoms with van der Waals surface area (Å²) in [7, 11) is 2.24. The van der Waals surface area contributed by atoms with Crippen molar-refractivity contribution in [2.24, 2.45) is 5.73 Å². The minimum atomic E-state index is 0.302. The van der Waals surface area contributed by atoms with Crippen molar-refractivity contribution >= 4 is 11.3 Å². The third kappa shape index (κ3) is 2.17. The number of rotatable bonds is 5. The monoisotopic (exact) mass is 238 g/mol. The predicted octanol–water partition coefficient (Wildman–Crippen LogP) is 2.49. The average molecular weight is 238 g/mol. The molecule has 1 aliphatic rings. The molecule has 1 unspecified atom stereocenters. The Hall–Kier alpha value is -0.380. The second-order valence-electron chi connectivity index (χ2n) is 5.03. The maximum Gasteiger partial charge on any atom is 0.0331 e. The van der Waals surface area contributed by atoms with Gasteiger partial charge in [0.1, 0.15) is 0 Å². The van der Waals surface area contributed by atoms with Crippen LogP contribution in [0.3, 0.4) is 0 Å². The third-order valence-corrected chi connectivity index (χ3v) is 5.05. The first-order valence-electron chi connectivity index (χ1n) is 6.13. The van der Waals surface area contributed by atoms with Gasteiger partial charge in [-0.1, -0.05) is 6.07 Å². The molecule has 0 aromatic carbocycles. The molecule has 1 aromatic rings. The summed E-state index contributed by atoms with van der Waals surface area (Å²) in [5, 5.41) is 2.16. The zero-order valence-corrected chi connectivity index (χ0v) is 11.1. The molecular weight excluding hydrogens is 216 g/mol. The van der Waals surface area contributed by atoms with Crippen LogP contribution in [0.4, 0.5) is 0 Å². The van der Waals surface area contributed by atoms with E-state index in [1.54, 1.807) is 0 Å². The van der Waals surface area contributed by atoms with Crippen LogP contribution < -0.4 is 5.73 Å². The van der Waals surface area contributed by atoms with Crippen LogP contribution in [0, 0.1) is 0 Å². The first-order valence-corrected chi connectivity index (χ1v) is 7.01. The highest BCUT2D eigenvalue weighted by Gasteiger charge is 2.40. The van der Waals surface area contributed by atoms with Gasteiger partial charge in [0, 0.05) is 23.0 Å². The van der Waals surface area contributed by atoms with Gasteiger partial charge in [-0.15, -0.1) is 11.3 Å². The molecule has 1 atom stereocenters. The SMILES string of the molecule is CC(Cc1cccs1)N(C)C1(CN)CCC1. The summed E-state index contributed by atoms with van der Waals surface area (Å²) in [5.74, 6) is 0. The first-order chi connectivity index (χ1) is 7.68. The van der Waals surface area contributed by atoms with Crippen LogP contribution in [-0.4, -0.2) is 30.1 Å². The lowest BCUT2D eigenvalue weighted by atomic mass is 9.75. The summed E-state index contributed by atoms with van der Waals surface area (Å²) >= 11 is 1.85. The molecule has 16 heavy (non-hydrogen) atoms. The van der Waals surface area contributed by atoms with E-state index in [0.29, 0.717) is 11.6 Å². The maximum absolute atomic E-state index is 5.94. The third-order valence-electron chi connectivity index (χ3n) is 4.15. The molecule has 3 heteroatoms. The molecular formula is C13H22N2S. The topological polar surface area (TPSA) is 29.3 Å². The lowest BCUT2D eigenvalue weighted by Gasteiger charge is -2.50. The second kappa shape index (κ2) is 4.86. The van der Waals surface area contributed by atoms with Crippen molar-refractivity contribution in [2.75, 3.05) is 13.6 Å². The van der Waals surface area contributed by atoms with Crippen LogP contribution in [0.1, 0.15) is 31.1 Å². The molecule has 1 aliphatic carbocycles. The van der Waals surface area contributed by atoms with Gasteiger partial charge in [0.05, 0.1) is 0 Å². The van der Waals surface area contributed by atoms with Crippen molar-refractivity contribution in [3.05, 3.63) is 22.4 Å². The summed E-state index contributed by atoms with van der Waals surface area (Å²) in [5.41, 5.74) is 6.24. The van der Waals surface area contributed by atoms with Crippen LogP contribution in [0.15, 0.2) is 17.5 Å². The van der Waals surface area contributed by atoms with E-state index in [1.165, 1.54) is 24.1 Å². The molecule has 0 spiro atoms. The van der Waals surface area contributed by atoms with Crippen molar-refractivity contribution in [3.8, 4) is 0 Å². The van der Waals surface area contributed by atoms with Gasteiger partial charge < -0.3 is 5.73 Å². The molecule has 0 amide bonds. The summed E-state index contributed by atoms with van der Waals surface area (Å²) < 4.78 is 0. The molecule has 0 radical (unpaired) electrons. The van der Waals surface area contributed by atoms with Crippen molar-refractivity contribution in [1.82, 2.24) is 4.90 Å². The molecule has 0 saturated heterocycles. The summed E-state index contributed by atoms with van der Waals surface area (Å²) in [4.78, 5) is 3.99. The van der Waals surface area contributed by atoms with E-state index in [9.17, 15) is 0 Å². The molecule has 90 valence electrons. The van der Waals surface area contributed by atoms with Crippen LogP contribution in [0.25, 0.3) is 0 Å². The summed E-state index contributed by atoms with van der Waals surface area (Å²) in [6.07, 6.45) is 5.03. The van der Waals surface area contributed by atoms with Crippen LogP contribution in [-0.2, 0) is 6.42 Å². The Kier molecular flexibility index (Phi) is 3.67. The molecule has 2 nitrogen and oxygen atoms in total. The Morgan fingerprint density at radius 3 is 2.75 bits per heavy atom. The quantitative estimate of drug-likeness (QED) is 0.854. The van der Waals surface area contributed by atoms with Gasteiger partial charge in [-0.25, -0.2) is 0 Å². The number of thiophene rings is 1. The van der Waals surface area contributed by atoms with Gasteiger partial charge in [0.15, 0.2) is 0 Å². The van der Waals surface area contributed by atoms with Gasteiger partial charge in [-0.05, 0) is 51.1 Å². The van der Waals surface area contributed by atoms with E-state index in [-0.39, 0.29) is 0 Å². The molecule has 1 aromatic heterocycles. The van der Waals surface area contributed by atoms with E-state index in [2.05, 4.69) is 36.4 Å². The second-order valence-corrected chi connectivity index (χ2v) is 6.06. The largest absolute Gasteiger partial charge is 0.329 e. The molecule has 1 fully saturated rings. The number of hydrogen-bond donors (Lipinski definition) is 1. The lowest BCUT2D eigenvalue weighted by molar-refractivity contribution is 0.0173. The van der Waals surface area contributed by atoms with Gasteiger partial charge >= 0.3 is 0 Å². The highest BCUT2D eigenvalue weighted by Crippen LogP contribution is 2.37. The van der Waals surface area contributed by atoms with Crippen LogP contribution >= 0.6 is 11.3 Å². The molecule has 1 saturated carbocycles. The fourth-order valence-electron chi connectivity index (χ4n) is 2.61. The average Bonchev–Trinajstić information content (AvgIpc) is 2.69. The van der Waals surface area contributed by atoms with Crippen molar-refractivity contribution in [3.63, 3.8) is 0 Å². The highest BCUT2D eigenvalue weighted by atomic mass is 32.1. The fourth-order valence-corrected chi connectivity index (χ4v) is 3.44. The van der Waals surface area contributed by atoms with Crippen LogP contribution in [0.5, 0.6) is 0 Å². The van der Waals surface area contributed by atoms with E-state index in [4.69, 9.17) is 5.73 Å². The molecule has 2 N–H and O–H groups in total. The minimum Gasteiger partial charge on any atom is -0.329 e. The Morgan fingerprint density at radius 1 is 1.56 bits per heavy atom. The predicted molar refractivity (Wildman–Crippen MR) is 70.9 cm³/mol. The number of likely N-dealkylation sites (N-methyl/N-ethyl adjacent to an activating group) is 1. The molecule has 0 bridgehead atoms. The van der Waals surface area contributed by atoms with Gasteiger partial charge in [-0.2, -0.15) is 0 Å². The highest BCUT2D eigenvalue weighted by molar-refractivity contribution is 7.09. The van der Waals surface area contributed by atoms with Gasteiger partial charge in [0.25, 0.3) is 0 Å². The normalized spacial score (nSPS) is 20.8. The van der Waals surface area contributed by atoms with E-state index in [0.717, 1.165) is 13.0 Å². The number of nitrogens with zero attached hydrogens (tertiary/aromatic N) is 1. The molecule has 2 rings (SSSR count). The van der Waals surface area contributed by atoms with Crippen LogP contribution in [0.2, 0.25) is 0 Å². The molecule has 0 aliphatic heterocycles. The van der Waals surface area contributed by atoms with E-state index >= 15 is 0 Å². The van der Waals surface area contributed by atoms with Crippen molar-refractivity contribution in [2.45, 2.75) is 44.2 Å². The smallest absolute Gasteiger partial charge is 0.0331 e. The van der Waals surface area contributed by atoms with Gasteiger partial charge in [-0.3, -0.25) is 4.90 Å². The number of hydrogen-bond acceptors (Lipinski definition) is 3. The first kappa shape index (κ1) is 12.1. The Bertz CT molecular complexity index is 311. The Balaban J connectivity index is 1.96. The van der Waals surface area contributed by atoms with Crippen molar-refractivity contribution < 1.29 is 0 Å². The Morgan fingerprint density at radius 2 is 2.31 bits per heavy atom. The summed E-state index contributed by atoms with van der Waals surface area (Å²) in [6.45, 7) is 3.12. The standard InChI is InChI=1S/C13H22N2S/c1-11(9-12-5-3-8-16-12)15(2)13(10-14)6-4-7-13/h3,5,8,11H,4,6-7,9-10,14H2,1-2H3. The van der Waals surface area contributed by atoms with E-state index < -0.39 is 0 Å². The Labute approximate surface area is 102 Å². The van der Waals surface area contributed by atoms with Gasteiger partial charge in [0.2, 0.25) is 0 Å². The zero-order valence-electron chi connectivity index (χ0n) is 10.3. The number of nitrogens with two attached hydrogens (primary N) is 1. The van der Waals surface area contributed by atoms with E-state index in [1.807, 2.05) is 11.3 Å². The minimum absolute atomic E-state index is 0.302.